The van der Waals surface area contributed by atoms with Crippen LogP contribution in [0.1, 0.15) is 46.0 Å². The van der Waals surface area contributed by atoms with Crippen molar-refractivity contribution >= 4 is 5.84 Å². The maximum absolute atomic E-state index is 8.41. The number of rotatable bonds is 5. The normalized spacial score (nSPS) is 28.2. The summed E-state index contributed by atoms with van der Waals surface area (Å²) in [6.45, 7) is 7.04. The first kappa shape index (κ1) is 13.3. The third kappa shape index (κ3) is 4.00. The van der Waals surface area contributed by atoms with Gasteiger partial charge >= 0.3 is 0 Å². The van der Waals surface area contributed by atoms with Gasteiger partial charge in [-0.05, 0) is 51.6 Å². The molecule has 16 heavy (non-hydrogen) atoms. The number of hydrogen-bond donors (Lipinski definition) is 2. The molecule has 0 bridgehead atoms. The standard InChI is InChI=1S/C12H25N3O/c1-10-6-5-9-15(11(10)2)8-4-3-7-12(13)14-16/h10-11,16H,3-9H2,1-2H3,(H2,13,14). The second-order valence-electron chi connectivity index (χ2n) is 4.94. The molecule has 2 unspecified atom stereocenters. The summed E-state index contributed by atoms with van der Waals surface area (Å²) in [6.07, 6.45) is 5.53. The molecular weight excluding hydrogens is 202 g/mol. The number of amidine groups is 1. The van der Waals surface area contributed by atoms with Gasteiger partial charge in [-0.2, -0.15) is 0 Å². The topological polar surface area (TPSA) is 61.8 Å². The van der Waals surface area contributed by atoms with E-state index < -0.39 is 0 Å². The third-order valence-electron chi connectivity index (χ3n) is 3.76. The summed E-state index contributed by atoms with van der Waals surface area (Å²) in [4.78, 5) is 2.57. The highest BCUT2D eigenvalue weighted by Gasteiger charge is 2.23. The Kier molecular flexibility index (Phi) is 5.60. The van der Waals surface area contributed by atoms with Crippen LogP contribution in [0.3, 0.4) is 0 Å². The fourth-order valence-corrected chi connectivity index (χ4v) is 2.41. The average Bonchev–Trinajstić information content (AvgIpc) is 2.29. The average molecular weight is 227 g/mol. The highest BCUT2D eigenvalue weighted by Crippen LogP contribution is 2.22. The highest BCUT2D eigenvalue weighted by atomic mass is 16.4. The van der Waals surface area contributed by atoms with Crippen LogP contribution >= 0.6 is 0 Å². The first-order valence-electron chi connectivity index (χ1n) is 6.35. The van der Waals surface area contributed by atoms with Crippen molar-refractivity contribution in [2.45, 2.75) is 52.0 Å². The Hall–Kier alpha value is -0.770. The largest absolute Gasteiger partial charge is 0.409 e. The molecule has 1 saturated heterocycles. The van der Waals surface area contributed by atoms with E-state index in [9.17, 15) is 0 Å². The smallest absolute Gasteiger partial charge is 0.139 e. The van der Waals surface area contributed by atoms with Gasteiger partial charge in [-0.3, -0.25) is 0 Å². The Morgan fingerprint density at radius 1 is 1.44 bits per heavy atom. The lowest BCUT2D eigenvalue weighted by molar-refractivity contribution is 0.112. The Morgan fingerprint density at radius 3 is 2.88 bits per heavy atom. The zero-order valence-electron chi connectivity index (χ0n) is 10.5. The van der Waals surface area contributed by atoms with Crippen molar-refractivity contribution in [3.05, 3.63) is 0 Å². The summed E-state index contributed by atoms with van der Waals surface area (Å²) in [6, 6.07) is 0.706. The molecule has 94 valence electrons. The summed E-state index contributed by atoms with van der Waals surface area (Å²) in [7, 11) is 0. The van der Waals surface area contributed by atoms with Gasteiger partial charge in [0.05, 0.1) is 0 Å². The first-order valence-corrected chi connectivity index (χ1v) is 6.35. The number of oxime groups is 1. The molecular formula is C12H25N3O. The van der Waals surface area contributed by atoms with Crippen LogP contribution in [0.2, 0.25) is 0 Å². The van der Waals surface area contributed by atoms with Crippen molar-refractivity contribution in [3.63, 3.8) is 0 Å². The maximum Gasteiger partial charge on any atom is 0.139 e. The highest BCUT2D eigenvalue weighted by molar-refractivity contribution is 5.79. The molecule has 0 aromatic heterocycles. The van der Waals surface area contributed by atoms with E-state index in [0.29, 0.717) is 18.3 Å². The lowest BCUT2D eigenvalue weighted by atomic mass is 9.92. The number of hydrogen-bond acceptors (Lipinski definition) is 3. The van der Waals surface area contributed by atoms with Gasteiger partial charge in [-0.1, -0.05) is 12.1 Å². The summed E-state index contributed by atoms with van der Waals surface area (Å²) >= 11 is 0. The van der Waals surface area contributed by atoms with E-state index in [4.69, 9.17) is 10.9 Å². The molecule has 0 aliphatic carbocycles. The Bertz CT molecular complexity index is 230. The molecule has 1 aliphatic heterocycles. The van der Waals surface area contributed by atoms with E-state index in [1.807, 2.05) is 0 Å². The van der Waals surface area contributed by atoms with E-state index in [2.05, 4.69) is 23.9 Å². The monoisotopic (exact) mass is 227 g/mol. The summed E-state index contributed by atoms with van der Waals surface area (Å²) in [5, 5.41) is 11.4. The molecule has 1 rings (SSSR count). The van der Waals surface area contributed by atoms with Crippen LogP contribution < -0.4 is 5.73 Å². The van der Waals surface area contributed by atoms with Crippen LogP contribution in [0.5, 0.6) is 0 Å². The van der Waals surface area contributed by atoms with Gasteiger partial charge in [-0.25, -0.2) is 0 Å². The minimum absolute atomic E-state index is 0.347. The van der Waals surface area contributed by atoms with E-state index >= 15 is 0 Å². The van der Waals surface area contributed by atoms with Gasteiger partial charge in [0, 0.05) is 12.5 Å². The zero-order chi connectivity index (χ0) is 12.0. The molecule has 4 heteroatoms. The molecule has 1 fully saturated rings. The van der Waals surface area contributed by atoms with E-state index in [0.717, 1.165) is 25.3 Å². The fraction of sp³-hybridized carbons (Fsp3) is 0.917. The summed E-state index contributed by atoms with van der Waals surface area (Å²) in [5.41, 5.74) is 5.43. The lowest BCUT2D eigenvalue weighted by Crippen LogP contribution is -2.42. The van der Waals surface area contributed by atoms with Crippen molar-refractivity contribution in [1.82, 2.24) is 4.90 Å². The minimum atomic E-state index is 0.347. The van der Waals surface area contributed by atoms with Crippen LogP contribution in [-0.2, 0) is 0 Å². The van der Waals surface area contributed by atoms with Crippen molar-refractivity contribution in [1.29, 1.82) is 0 Å². The summed E-state index contributed by atoms with van der Waals surface area (Å²) in [5.74, 6) is 1.16. The molecule has 0 aromatic carbocycles. The molecule has 2 atom stereocenters. The van der Waals surface area contributed by atoms with Crippen molar-refractivity contribution < 1.29 is 5.21 Å². The number of likely N-dealkylation sites (tertiary alicyclic amines) is 1. The lowest BCUT2D eigenvalue weighted by Gasteiger charge is -2.37. The van der Waals surface area contributed by atoms with Crippen molar-refractivity contribution in [3.8, 4) is 0 Å². The second-order valence-corrected chi connectivity index (χ2v) is 4.94. The summed E-state index contributed by atoms with van der Waals surface area (Å²) < 4.78 is 0. The van der Waals surface area contributed by atoms with Gasteiger partial charge in [-0.15, -0.1) is 0 Å². The van der Waals surface area contributed by atoms with Crippen LogP contribution in [0, 0.1) is 5.92 Å². The van der Waals surface area contributed by atoms with Crippen molar-refractivity contribution in [2.75, 3.05) is 13.1 Å². The van der Waals surface area contributed by atoms with Crippen LogP contribution in [0.15, 0.2) is 5.16 Å². The number of nitrogens with two attached hydrogens (primary N) is 1. The molecule has 4 nitrogen and oxygen atoms in total. The predicted molar refractivity (Wildman–Crippen MR) is 66.7 cm³/mol. The van der Waals surface area contributed by atoms with E-state index in [1.165, 1.54) is 19.4 Å². The third-order valence-corrected chi connectivity index (χ3v) is 3.76. The molecule has 3 N–H and O–H groups in total. The molecule has 1 aliphatic rings. The van der Waals surface area contributed by atoms with Gasteiger partial charge < -0.3 is 15.8 Å². The molecule has 0 radical (unpaired) electrons. The van der Waals surface area contributed by atoms with Gasteiger partial charge in [0.1, 0.15) is 5.84 Å². The number of nitrogens with zero attached hydrogens (tertiary/aromatic N) is 2. The fourth-order valence-electron chi connectivity index (χ4n) is 2.41. The Morgan fingerprint density at radius 2 is 2.19 bits per heavy atom. The first-order chi connectivity index (χ1) is 7.65. The van der Waals surface area contributed by atoms with E-state index in [-0.39, 0.29) is 0 Å². The number of unbranched alkanes of at least 4 members (excludes halogenated alkanes) is 1. The molecule has 0 amide bonds. The van der Waals surface area contributed by atoms with Crippen LogP contribution in [-0.4, -0.2) is 35.1 Å². The molecule has 0 spiro atoms. The van der Waals surface area contributed by atoms with Crippen LogP contribution in [0.4, 0.5) is 0 Å². The second kappa shape index (κ2) is 6.74. The quantitative estimate of drug-likeness (QED) is 0.248. The zero-order valence-corrected chi connectivity index (χ0v) is 10.5. The SMILES string of the molecule is CC1CCCN(CCCCC(N)=NO)C1C. The Balaban J connectivity index is 2.17. The minimum Gasteiger partial charge on any atom is -0.409 e. The van der Waals surface area contributed by atoms with Gasteiger partial charge in [0.15, 0.2) is 0 Å². The van der Waals surface area contributed by atoms with Crippen molar-refractivity contribution in [2.24, 2.45) is 16.8 Å². The molecule has 0 aromatic rings. The van der Waals surface area contributed by atoms with E-state index in [1.54, 1.807) is 0 Å². The maximum atomic E-state index is 8.41. The van der Waals surface area contributed by atoms with Gasteiger partial charge in [0.2, 0.25) is 0 Å². The predicted octanol–water partition coefficient (Wildman–Crippen LogP) is 2.02. The molecule has 0 saturated carbocycles. The number of piperidine rings is 1. The van der Waals surface area contributed by atoms with Crippen LogP contribution in [0.25, 0.3) is 0 Å². The molecule has 1 heterocycles. The van der Waals surface area contributed by atoms with Gasteiger partial charge in [0.25, 0.3) is 0 Å². The Labute approximate surface area is 98.5 Å².